The predicted octanol–water partition coefficient (Wildman–Crippen LogP) is 19.9. The fourth-order valence-electron chi connectivity index (χ4n) is 12.6. The molecule has 3 nitrogen and oxygen atoms in total. The molecule has 3 heterocycles. The van der Waals surface area contributed by atoms with Gasteiger partial charge in [-0.3, -0.25) is 0 Å². The number of hydrogen-bond donors (Lipinski definition) is 0. The Bertz CT molecular complexity index is 4870. The first-order chi connectivity index (χ1) is 37.2. The van der Waals surface area contributed by atoms with Crippen LogP contribution in [0.15, 0.2) is 273 Å². The molecule has 0 aliphatic heterocycles. The Balaban J connectivity index is 0.795. The topological polar surface area (TPSA) is 12.6 Å². The lowest BCUT2D eigenvalue weighted by molar-refractivity contribution is 1.18. The summed E-state index contributed by atoms with van der Waals surface area (Å²) in [6.45, 7) is 0. The molecule has 0 radical (unpaired) electrons. The van der Waals surface area contributed by atoms with Crippen molar-refractivity contribution in [1.82, 2.24) is 8.97 Å². The van der Waals surface area contributed by atoms with Crippen LogP contribution in [0, 0.1) is 0 Å². The molecule has 0 bridgehead atoms. The molecule has 0 atom stereocenters. The van der Waals surface area contributed by atoms with Crippen LogP contribution in [-0.2, 0) is 0 Å². The lowest BCUT2D eigenvalue weighted by atomic mass is 9.92. The smallest absolute Gasteiger partial charge is 0.0620 e. The van der Waals surface area contributed by atoms with E-state index in [1.807, 2.05) is 0 Å². The zero-order chi connectivity index (χ0) is 49.1. The van der Waals surface area contributed by atoms with E-state index in [0.29, 0.717) is 0 Å². The summed E-state index contributed by atoms with van der Waals surface area (Å²) in [7, 11) is 0. The first kappa shape index (κ1) is 41.6. The van der Waals surface area contributed by atoms with E-state index in [9.17, 15) is 0 Å². The van der Waals surface area contributed by atoms with Gasteiger partial charge in [0, 0.05) is 55.1 Å². The highest BCUT2D eigenvalue weighted by atomic mass is 15.1. The minimum Gasteiger partial charge on any atom is -0.311 e. The molecular weight excluding hydrogens is 907 g/mol. The number of anilines is 3. The van der Waals surface area contributed by atoms with Crippen LogP contribution in [0.5, 0.6) is 0 Å². The molecule has 16 rings (SSSR count). The second-order valence-corrected chi connectivity index (χ2v) is 20.0. The summed E-state index contributed by atoms with van der Waals surface area (Å²) in [6, 6.07) is 101. The van der Waals surface area contributed by atoms with Crippen molar-refractivity contribution >= 4 is 109 Å². The number of para-hydroxylation sites is 4. The molecule has 3 heteroatoms. The minimum absolute atomic E-state index is 1.09. The molecule has 0 fully saturated rings. The van der Waals surface area contributed by atoms with Crippen molar-refractivity contribution in [2.75, 3.05) is 4.90 Å². The van der Waals surface area contributed by atoms with Gasteiger partial charge in [0.15, 0.2) is 0 Å². The van der Waals surface area contributed by atoms with E-state index in [-0.39, 0.29) is 0 Å². The Hall–Kier alpha value is -9.96. The van der Waals surface area contributed by atoms with Crippen LogP contribution in [0.1, 0.15) is 0 Å². The third-order valence-electron chi connectivity index (χ3n) is 16.0. The molecule has 0 amide bonds. The highest BCUT2D eigenvalue weighted by Crippen LogP contribution is 2.43. The molecule has 16 aromatic rings. The van der Waals surface area contributed by atoms with Gasteiger partial charge in [-0.05, 0) is 151 Å². The maximum atomic E-state index is 2.46. The molecule has 0 unspecified atom stereocenters. The van der Waals surface area contributed by atoms with Crippen LogP contribution in [0.25, 0.3) is 131 Å². The van der Waals surface area contributed by atoms with Crippen LogP contribution < -0.4 is 4.90 Å². The van der Waals surface area contributed by atoms with Crippen molar-refractivity contribution in [3.8, 4) is 39.1 Å². The normalized spacial score (nSPS) is 12.0. The molecule has 3 aromatic heterocycles. The van der Waals surface area contributed by atoms with Gasteiger partial charge in [0.1, 0.15) is 0 Å². The third-order valence-corrected chi connectivity index (χ3v) is 16.0. The fourth-order valence-corrected chi connectivity index (χ4v) is 12.6. The van der Waals surface area contributed by atoms with Crippen molar-refractivity contribution in [2.45, 2.75) is 0 Å². The van der Waals surface area contributed by atoms with Crippen molar-refractivity contribution < 1.29 is 0 Å². The number of aromatic nitrogens is 2. The number of nitrogens with zero attached hydrogens (tertiary/aromatic N) is 3. The van der Waals surface area contributed by atoms with E-state index in [4.69, 9.17) is 0 Å². The predicted molar refractivity (Wildman–Crippen MR) is 319 cm³/mol. The summed E-state index contributed by atoms with van der Waals surface area (Å²) in [5, 5.41) is 15.4. The van der Waals surface area contributed by atoms with Crippen LogP contribution in [-0.4, -0.2) is 8.97 Å². The maximum absolute atomic E-state index is 2.46. The second kappa shape index (κ2) is 16.3. The standard InChI is InChI=1S/C72H45N3/c1-2-13-52(14-3-1)74-68-23-10-9-20-62(68)67-44-50(33-42-70(67)74)47-27-36-54(37-28-47)73(53-34-25-46(26-35-53)49-31-40-60-58-17-5-4-15-56(58)57-16-6-7-18-59(57)66(60)43-49)55-38-29-48(30-39-55)51-32-41-63-65-22-12-21-64-61-19-8-11-24-69(61)75(72(64)65)71(63)45-51/h1-45H. The van der Waals surface area contributed by atoms with Crippen LogP contribution in [0.4, 0.5) is 17.1 Å². The quantitative estimate of drug-likeness (QED) is 0.145. The lowest BCUT2D eigenvalue weighted by Gasteiger charge is -2.26. The van der Waals surface area contributed by atoms with Gasteiger partial charge in [-0.2, -0.15) is 0 Å². The van der Waals surface area contributed by atoms with Gasteiger partial charge in [0.25, 0.3) is 0 Å². The zero-order valence-electron chi connectivity index (χ0n) is 40.8. The van der Waals surface area contributed by atoms with E-state index in [1.165, 1.54) is 126 Å². The van der Waals surface area contributed by atoms with Gasteiger partial charge in [0.2, 0.25) is 0 Å². The molecule has 75 heavy (non-hydrogen) atoms. The second-order valence-electron chi connectivity index (χ2n) is 20.0. The fraction of sp³-hybridized carbons (Fsp3) is 0. The molecule has 0 saturated carbocycles. The molecule has 0 saturated heterocycles. The molecule has 0 spiro atoms. The minimum atomic E-state index is 1.09. The van der Waals surface area contributed by atoms with Crippen molar-refractivity contribution in [2.24, 2.45) is 0 Å². The Morgan fingerprint density at radius 1 is 0.213 bits per heavy atom. The molecule has 0 aliphatic rings. The average molecular weight is 952 g/mol. The summed E-state index contributed by atoms with van der Waals surface area (Å²) in [4.78, 5) is 2.38. The van der Waals surface area contributed by atoms with Crippen LogP contribution in [0.3, 0.4) is 0 Å². The highest BCUT2D eigenvalue weighted by Gasteiger charge is 2.20. The Kier molecular flexibility index (Phi) is 9.04. The van der Waals surface area contributed by atoms with Crippen molar-refractivity contribution in [3.05, 3.63) is 273 Å². The number of hydrogen-bond acceptors (Lipinski definition) is 1. The summed E-state index contributed by atoms with van der Waals surface area (Å²) < 4.78 is 4.84. The molecule has 13 aromatic carbocycles. The Morgan fingerprint density at radius 2 is 0.587 bits per heavy atom. The van der Waals surface area contributed by atoms with Crippen LogP contribution in [0.2, 0.25) is 0 Å². The molecule has 0 N–H and O–H groups in total. The van der Waals surface area contributed by atoms with E-state index in [1.54, 1.807) is 0 Å². The van der Waals surface area contributed by atoms with Gasteiger partial charge in [-0.15, -0.1) is 0 Å². The Labute approximate surface area is 433 Å². The summed E-state index contributed by atoms with van der Waals surface area (Å²) in [5.41, 5.74) is 17.7. The Morgan fingerprint density at radius 3 is 1.16 bits per heavy atom. The zero-order valence-corrected chi connectivity index (χ0v) is 40.8. The first-order valence-electron chi connectivity index (χ1n) is 25.9. The van der Waals surface area contributed by atoms with Gasteiger partial charge >= 0.3 is 0 Å². The van der Waals surface area contributed by atoms with E-state index in [0.717, 1.165) is 22.7 Å². The molecule has 348 valence electrons. The van der Waals surface area contributed by atoms with Gasteiger partial charge in [-0.25, -0.2) is 0 Å². The lowest BCUT2D eigenvalue weighted by Crippen LogP contribution is -2.09. The summed E-state index contributed by atoms with van der Waals surface area (Å²) in [6.07, 6.45) is 0. The average Bonchev–Trinajstić information content (AvgIpc) is 4.21. The van der Waals surface area contributed by atoms with Crippen LogP contribution >= 0.6 is 0 Å². The van der Waals surface area contributed by atoms with E-state index < -0.39 is 0 Å². The molecular formula is C72H45N3. The van der Waals surface area contributed by atoms with E-state index >= 15 is 0 Å². The highest BCUT2D eigenvalue weighted by molar-refractivity contribution is 6.26. The van der Waals surface area contributed by atoms with Crippen molar-refractivity contribution in [1.29, 1.82) is 0 Å². The van der Waals surface area contributed by atoms with E-state index in [2.05, 4.69) is 287 Å². The van der Waals surface area contributed by atoms with Gasteiger partial charge in [-0.1, -0.05) is 188 Å². The van der Waals surface area contributed by atoms with Gasteiger partial charge in [0.05, 0.1) is 27.6 Å². The van der Waals surface area contributed by atoms with Crippen molar-refractivity contribution in [3.63, 3.8) is 0 Å². The SMILES string of the molecule is c1ccc(-n2c3ccccc3c3cc(-c4ccc(N(c5ccc(-c6ccc7c8ccccc8c8ccccc8c7c6)cc5)c5ccc(-c6ccc7c8cccc9c%10ccccc%10n(c7c6)c98)cc5)cc4)ccc32)cc1. The molecule has 0 aliphatic carbocycles. The largest absolute Gasteiger partial charge is 0.311 e. The van der Waals surface area contributed by atoms with Gasteiger partial charge < -0.3 is 13.9 Å². The first-order valence-corrected chi connectivity index (χ1v) is 25.9. The number of fused-ring (bicyclic) bond motifs is 15. The maximum Gasteiger partial charge on any atom is 0.0620 e. The third kappa shape index (κ3) is 6.35. The number of benzene rings is 13. The monoisotopic (exact) mass is 951 g/mol. The summed E-state index contributed by atoms with van der Waals surface area (Å²) >= 11 is 0. The number of rotatable bonds is 7. The summed E-state index contributed by atoms with van der Waals surface area (Å²) in [5.74, 6) is 0.